The zero-order chi connectivity index (χ0) is 29.1. The predicted molar refractivity (Wildman–Crippen MR) is 164 cm³/mol. The minimum absolute atomic E-state index is 0.0132. The van der Waals surface area contributed by atoms with Gasteiger partial charge in [-0.1, -0.05) is 90.5 Å². The Morgan fingerprint density at radius 1 is 1.00 bits per heavy atom. The Labute approximate surface area is 245 Å². The molecule has 0 bridgehead atoms. The molecule has 3 rings (SSSR count). The van der Waals surface area contributed by atoms with Crippen molar-refractivity contribution in [1.29, 1.82) is 0 Å². The van der Waals surface area contributed by atoms with E-state index in [-0.39, 0.29) is 34.8 Å². The molecule has 0 saturated heterocycles. The third-order valence-corrected chi connectivity index (χ3v) is 9.07. The van der Waals surface area contributed by atoms with E-state index < -0.39 is 6.04 Å². The molecular weight excluding hydrogens is 518 g/mol. The lowest BCUT2D eigenvalue weighted by Gasteiger charge is -2.35. The lowest BCUT2D eigenvalue weighted by molar-refractivity contribution is -0.135. The summed E-state index contributed by atoms with van der Waals surface area (Å²) in [6.45, 7) is 10.7. The van der Waals surface area contributed by atoms with Gasteiger partial charge in [-0.2, -0.15) is 0 Å². The lowest BCUT2D eigenvalue weighted by Crippen LogP contribution is -2.52. The fraction of sp³-hybridized carbons (Fsp3) is 0.636. The largest absolute Gasteiger partial charge is 0.352 e. The fourth-order valence-corrected chi connectivity index (χ4v) is 6.43. The molecule has 1 aromatic heterocycles. The van der Waals surface area contributed by atoms with Gasteiger partial charge in [0.05, 0.1) is 22.1 Å². The third-order valence-electron chi connectivity index (χ3n) is 8.09. The van der Waals surface area contributed by atoms with Gasteiger partial charge in [0, 0.05) is 24.8 Å². The molecule has 1 heterocycles. The van der Waals surface area contributed by atoms with Gasteiger partial charge in [0.1, 0.15) is 0 Å². The Kier molecular flexibility index (Phi) is 12.4. The van der Waals surface area contributed by atoms with E-state index in [1.807, 2.05) is 45.3 Å². The van der Waals surface area contributed by atoms with Gasteiger partial charge in [-0.3, -0.25) is 14.4 Å². The van der Waals surface area contributed by atoms with Crippen LogP contribution < -0.4 is 10.6 Å². The molecular formula is C33H49N3O3S. The first-order chi connectivity index (χ1) is 19.1. The molecule has 40 heavy (non-hydrogen) atoms. The van der Waals surface area contributed by atoms with Crippen molar-refractivity contribution >= 4 is 28.9 Å². The van der Waals surface area contributed by atoms with Gasteiger partial charge < -0.3 is 10.6 Å². The van der Waals surface area contributed by atoms with E-state index in [9.17, 15) is 14.4 Å². The monoisotopic (exact) mass is 567 g/mol. The summed E-state index contributed by atoms with van der Waals surface area (Å²) in [5.41, 5.74) is 4.68. The summed E-state index contributed by atoms with van der Waals surface area (Å²) in [6, 6.07) is 7.70. The molecule has 0 aliphatic heterocycles. The minimum atomic E-state index is -0.535. The Balaban J connectivity index is 1.51. The normalized spacial score (nSPS) is 18.2. The predicted octanol–water partition coefficient (Wildman–Crippen LogP) is 7.39. The van der Waals surface area contributed by atoms with Gasteiger partial charge in [0.25, 0.3) is 0 Å². The van der Waals surface area contributed by atoms with E-state index in [2.05, 4.69) is 34.7 Å². The highest BCUT2D eigenvalue weighted by molar-refractivity contribution is 7.13. The standard InChI is InChI=1S/C33H49N3O3S/c1-6-7-8-9-10-11-15-28(37)36-31(33(3,4)5)29(38)26-13-12-14-27(20-26)32(39)34-21-24-16-18-25(19-17-24)30-23(2)35-22-40-30/h16-19,22,26-27,31H,6-15,20-21H2,1-5H3,(H,34,39)(H,36,37)/t26?,27-,31?/m1/s1. The highest BCUT2D eigenvalue weighted by Gasteiger charge is 2.39. The van der Waals surface area contributed by atoms with Gasteiger partial charge in [0.2, 0.25) is 11.8 Å². The average molecular weight is 568 g/mol. The van der Waals surface area contributed by atoms with Gasteiger partial charge >= 0.3 is 0 Å². The second-order valence-electron chi connectivity index (χ2n) is 12.5. The number of thiazole rings is 1. The van der Waals surface area contributed by atoms with Crippen LogP contribution in [0.3, 0.4) is 0 Å². The molecule has 1 aliphatic rings. The highest BCUT2D eigenvalue weighted by Crippen LogP contribution is 2.34. The number of ketones is 1. The molecule has 2 aromatic rings. The van der Waals surface area contributed by atoms with Crippen molar-refractivity contribution in [2.75, 3.05) is 0 Å². The molecule has 2 amide bonds. The average Bonchev–Trinajstić information content (AvgIpc) is 3.37. The first-order valence-electron chi connectivity index (χ1n) is 15.2. The van der Waals surface area contributed by atoms with Crippen molar-refractivity contribution in [3.05, 3.63) is 41.0 Å². The molecule has 0 radical (unpaired) electrons. The van der Waals surface area contributed by atoms with Crippen molar-refractivity contribution in [3.63, 3.8) is 0 Å². The summed E-state index contributed by atoms with van der Waals surface area (Å²) in [5, 5.41) is 6.17. The van der Waals surface area contributed by atoms with Crippen molar-refractivity contribution in [2.24, 2.45) is 17.3 Å². The molecule has 1 saturated carbocycles. The van der Waals surface area contributed by atoms with Crippen molar-refractivity contribution < 1.29 is 14.4 Å². The summed E-state index contributed by atoms with van der Waals surface area (Å²) in [6.07, 6.45) is 10.2. The van der Waals surface area contributed by atoms with Crippen LogP contribution in [0, 0.1) is 24.2 Å². The zero-order valence-electron chi connectivity index (χ0n) is 25.2. The second-order valence-corrected chi connectivity index (χ2v) is 13.4. The second kappa shape index (κ2) is 15.5. The van der Waals surface area contributed by atoms with Crippen LogP contribution in [0.5, 0.6) is 0 Å². The Bertz CT molecular complexity index is 1100. The topological polar surface area (TPSA) is 88.2 Å². The summed E-state index contributed by atoms with van der Waals surface area (Å²) < 4.78 is 0. The van der Waals surface area contributed by atoms with E-state index in [1.54, 1.807) is 11.3 Å². The number of rotatable bonds is 14. The van der Waals surface area contributed by atoms with Crippen LogP contribution >= 0.6 is 11.3 Å². The van der Waals surface area contributed by atoms with Crippen LogP contribution in [0.4, 0.5) is 0 Å². The van der Waals surface area contributed by atoms with E-state index >= 15 is 0 Å². The number of Topliss-reactive ketones (excluding diaryl/α,β-unsaturated/α-hetero) is 1. The number of unbranched alkanes of at least 4 members (excludes halogenated alkanes) is 5. The number of benzene rings is 1. The number of aromatic nitrogens is 1. The van der Waals surface area contributed by atoms with Crippen LogP contribution in [0.25, 0.3) is 10.4 Å². The number of nitrogens with zero attached hydrogens (tertiary/aromatic N) is 1. The lowest BCUT2D eigenvalue weighted by atomic mass is 9.73. The first-order valence-corrected chi connectivity index (χ1v) is 16.1. The molecule has 3 atom stereocenters. The summed E-state index contributed by atoms with van der Waals surface area (Å²) in [7, 11) is 0. The molecule has 7 heteroatoms. The van der Waals surface area contributed by atoms with Crippen molar-refractivity contribution in [3.8, 4) is 10.4 Å². The third kappa shape index (κ3) is 9.53. The number of nitrogens with one attached hydrogen (secondary N) is 2. The maximum Gasteiger partial charge on any atom is 0.223 e. The van der Waals surface area contributed by atoms with Crippen molar-refractivity contribution in [1.82, 2.24) is 15.6 Å². The smallest absolute Gasteiger partial charge is 0.223 e. The van der Waals surface area contributed by atoms with Gasteiger partial charge in [-0.05, 0) is 49.1 Å². The van der Waals surface area contributed by atoms with Gasteiger partial charge in [0.15, 0.2) is 5.78 Å². The fourth-order valence-electron chi connectivity index (χ4n) is 5.62. The number of carbonyl (C=O) groups is 3. The highest BCUT2D eigenvalue weighted by atomic mass is 32.1. The molecule has 0 spiro atoms. The number of carbonyl (C=O) groups excluding carboxylic acids is 3. The van der Waals surface area contributed by atoms with E-state index in [4.69, 9.17) is 0 Å². The van der Waals surface area contributed by atoms with Crippen LogP contribution in [-0.2, 0) is 20.9 Å². The summed E-state index contributed by atoms with van der Waals surface area (Å²) >= 11 is 1.63. The number of hydrogen-bond acceptors (Lipinski definition) is 5. The quantitative estimate of drug-likeness (QED) is 0.233. The Hall–Kier alpha value is -2.54. The number of hydrogen-bond donors (Lipinski definition) is 2. The molecule has 2 unspecified atom stereocenters. The molecule has 1 aromatic carbocycles. The van der Waals surface area contributed by atoms with Crippen molar-refractivity contribution in [2.45, 2.75) is 118 Å². The van der Waals surface area contributed by atoms with Crippen LogP contribution in [0.15, 0.2) is 29.8 Å². The maximum atomic E-state index is 13.7. The number of aryl methyl sites for hydroxylation is 1. The van der Waals surface area contributed by atoms with Crippen LogP contribution in [-0.4, -0.2) is 28.6 Å². The molecule has 1 fully saturated rings. The minimum Gasteiger partial charge on any atom is -0.352 e. The SMILES string of the molecule is CCCCCCCCC(=O)NC(C(=O)C1CCC[C@@H](C(=O)NCc2ccc(-c3scnc3C)cc2)C1)C(C)(C)C. The number of amides is 2. The first kappa shape index (κ1) is 32.0. The summed E-state index contributed by atoms with van der Waals surface area (Å²) in [4.78, 5) is 45.0. The Morgan fingerprint density at radius 3 is 2.33 bits per heavy atom. The van der Waals surface area contributed by atoms with Gasteiger partial charge in [-0.15, -0.1) is 11.3 Å². The molecule has 2 N–H and O–H groups in total. The van der Waals surface area contributed by atoms with E-state index in [1.165, 1.54) is 24.1 Å². The Morgan fingerprint density at radius 2 is 1.68 bits per heavy atom. The maximum absolute atomic E-state index is 13.7. The molecule has 1 aliphatic carbocycles. The summed E-state index contributed by atoms with van der Waals surface area (Å²) in [5.74, 6) is -0.328. The molecule has 6 nitrogen and oxygen atoms in total. The van der Waals surface area contributed by atoms with Gasteiger partial charge in [-0.25, -0.2) is 4.98 Å². The van der Waals surface area contributed by atoms with E-state index in [0.717, 1.165) is 55.3 Å². The van der Waals surface area contributed by atoms with Crippen LogP contribution in [0.1, 0.15) is 110 Å². The molecule has 220 valence electrons. The van der Waals surface area contributed by atoms with Crippen LogP contribution in [0.2, 0.25) is 0 Å². The zero-order valence-corrected chi connectivity index (χ0v) is 26.0. The van der Waals surface area contributed by atoms with E-state index in [0.29, 0.717) is 19.4 Å².